The van der Waals surface area contributed by atoms with E-state index in [0.29, 0.717) is 5.82 Å². The summed E-state index contributed by atoms with van der Waals surface area (Å²) in [6, 6.07) is 9.23. The van der Waals surface area contributed by atoms with Gasteiger partial charge in [-0.3, -0.25) is 9.32 Å². The van der Waals surface area contributed by atoms with E-state index in [1.54, 1.807) is 4.90 Å². The molecular formula is C14H15N3O3. The van der Waals surface area contributed by atoms with Gasteiger partial charge in [-0.1, -0.05) is 35.5 Å². The van der Waals surface area contributed by atoms with Crippen LogP contribution in [0.1, 0.15) is 12.8 Å². The van der Waals surface area contributed by atoms with Gasteiger partial charge in [0.1, 0.15) is 6.54 Å². The zero-order chi connectivity index (χ0) is 13.9. The van der Waals surface area contributed by atoms with Gasteiger partial charge in [-0.15, -0.1) is 0 Å². The van der Waals surface area contributed by atoms with Crippen LogP contribution in [-0.2, 0) is 11.3 Å². The van der Waals surface area contributed by atoms with Crippen molar-refractivity contribution in [2.75, 3.05) is 13.1 Å². The molecule has 0 atom stereocenters. The summed E-state index contributed by atoms with van der Waals surface area (Å²) >= 11 is 0. The van der Waals surface area contributed by atoms with Crippen molar-refractivity contribution >= 4 is 5.91 Å². The van der Waals surface area contributed by atoms with Crippen molar-refractivity contribution in [3.8, 4) is 11.4 Å². The molecule has 1 fully saturated rings. The number of amides is 1. The summed E-state index contributed by atoms with van der Waals surface area (Å²) in [4.78, 5) is 25.6. The normalized spacial score (nSPS) is 14.7. The summed E-state index contributed by atoms with van der Waals surface area (Å²) in [5.74, 6) is -0.274. The molecule has 0 radical (unpaired) electrons. The molecule has 6 nitrogen and oxygen atoms in total. The second-order valence-electron chi connectivity index (χ2n) is 4.81. The molecule has 1 saturated heterocycles. The first-order valence-electron chi connectivity index (χ1n) is 6.65. The topological polar surface area (TPSA) is 68.3 Å². The van der Waals surface area contributed by atoms with E-state index >= 15 is 0 Å². The molecule has 3 rings (SSSR count). The van der Waals surface area contributed by atoms with Gasteiger partial charge in [0.15, 0.2) is 5.82 Å². The molecule has 0 N–H and O–H groups in total. The van der Waals surface area contributed by atoms with Gasteiger partial charge in [0.05, 0.1) is 0 Å². The fourth-order valence-electron chi connectivity index (χ4n) is 2.40. The van der Waals surface area contributed by atoms with Crippen molar-refractivity contribution in [2.45, 2.75) is 19.4 Å². The molecule has 1 aliphatic rings. The van der Waals surface area contributed by atoms with E-state index in [1.807, 2.05) is 30.3 Å². The van der Waals surface area contributed by atoms with Crippen LogP contribution in [0, 0.1) is 0 Å². The minimum absolute atomic E-state index is 0.0213. The summed E-state index contributed by atoms with van der Waals surface area (Å²) < 4.78 is 5.99. The van der Waals surface area contributed by atoms with E-state index in [1.165, 1.54) is 4.57 Å². The van der Waals surface area contributed by atoms with Gasteiger partial charge >= 0.3 is 5.76 Å². The largest absolute Gasteiger partial charge is 0.442 e. The SMILES string of the molecule is O=C(Cn1c(-c2ccccc2)noc1=O)N1CCCC1. The van der Waals surface area contributed by atoms with Crippen molar-refractivity contribution in [1.82, 2.24) is 14.6 Å². The predicted molar refractivity (Wildman–Crippen MR) is 72.0 cm³/mol. The van der Waals surface area contributed by atoms with Crippen molar-refractivity contribution in [1.29, 1.82) is 0 Å². The Labute approximate surface area is 115 Å². The molecule has 6 heteroatoms. The third-order valence-electron chi connectivity index (χ3n) is 3.47. The van der Waals surface area contributed by atoms with Crippen LogP contribution in [0.4, 0.5) is 0 Å². The van der Waals surface area contributed by atoms with Crippen LogP contribution >= 0.6 is 0 Å². The first kappa shape index (κ1) is 12.7. The Morgan fingerprint density at radius 2 is 1.90 bits per heavy atom. The molecule has 104 valence electrons. The standard InChI is InChI=1S/C14H15N3O3/c18-12(16-8-4-5-9-16)10-17-13(15-20-14(17)19)11-6-2-1-3-7-11/h1-3,6-7H,4-5,8-10H2. The van der Waals surface area contributed by atoms with E-state index in [-0.39, 0.29) is 12.5 Å². The Hall–Kier alpha value is -2.37. The first-order valence-corrected chi connectivity index (χ1v) is 6.65. The van der Waals surface area contributed by atoms with Gasteiger partial charge in [-0.2, -0.15) is 0 Å². The minimum atomic E-state index is -0.601. The molecule has 1 aliphatic heterocycles. The van der Waals surface area contributed by atoms with Crippen LogP contribution in [0.3, 0.4) is 0 Å². The number of aromatic nitrogens is 2. The van der Waals surface area contributed by atoms with Crippen LogP contribution in [0.25, 0.3) is 11.4 Å². The third kappa shape index (κ3) is 2.36. The van der Waals surface area contributed by atoms with E-state index in [4.69, 9.17) is 4.52 Å². The molecule has 0 aliphatic carbocycles. The van der Waals surface area contributed by atoms with E-state index in [2.05, 4.69) is 5.16 Å². The van der Waals surface area contributed by atoms with Crippen LogP contribution in [0.2, 0.25) is 0 Å². The van der Waals surface area contributed by atoms with Crippen LogP contribution in [0.5, 0.6) is 0 Å². The maximum atomic E-state index is 12.1. The number of likely N-dealkylation sites (tertiary alicyclic amines) is 1. The molecule has 0 spiro atoms. The highest BCUT2D eigenvalue weighted by Gasteiger charge is 2.21. The molecule has 0 saturated carbocycles. The van der Waals surface area contributed by atoms with E-state index in [0.717, 1.165) is 31.5 Å². The maximum absolute atomic E-state index is 12.1. The molecule has 1 amide bonds. The van der Waals surface area contributed by atoms with Crippen LogP contribution < -0.4 is 5.76 Å². The third-order valence-corrected chi connectivity index (χ3v) is 3.47. The Kier molecular flexibility index (Phi) is 3.37. The number of carbonyl (C=O) groups excluding carboxylic acids is 1. The Balaban J connectivity index is 1.88. The summed E-state index contributed by atoms with van der Waals surface area (Å²) in [5, 5.41) is 3.77. The lowest BCUT2D eigenvalue weighted by Gasteiger charge is -2.15. The number of hydrogen-bond acceptors (Lipinski definition) is 4. The lowest BCUT2D eigenvalue weighted by molar-refractivity contribution is -0.130. The van der Waals surface area contributed by atoms with Gasteiger partial charge in [-0.05, 0) is 12.8 Å². The summed E-state index contributed by atoms with van der Waals surface area (Å²) in [5.41, 5.74) is 0.757. The highest BCUT2D eigenvalue weighted by atomic mass is 16.5. The highest BCUT2D eigenvalue weighted by molar-refractivity contribution is 5.76. The monoisotopic (exact) mass is 273 g/mol. The lowest BCUT2D eigenvalue weighted by Crippen LogP contribution is -2.33. The smallest absolute Gasteiger partial charge is 0.341 e. The van der Waals surface area contributed by atoms with Gasteiger partial charge in [0.2, 0.25) is 5.91 Å². The van der Waals surface area contributed by atoms with Gasteiger partial charge in [0.25, 0.3) is 0 Å². The Morgan fingerprint density at radius 1 is 1.20 bits per heavy atom. The molecule has 20 heavy (non-hydrogen) atoms. The minimum Gasteiger partial charge on any atom is -0.341 e. The van der Waals surface area contributed by atoms with Gasteiger partial charge in [0, 0.05) is 18.7 Å². The number of benzene rings is 1. The average Bonchev–Trinajstić information content (AvgIpc) is 3.11. The number of rotatable bonds is 3. The molecule has 1 aromatic carbocycles. The number of hydrogen-bond donors (Lipinski definition) is 0. The lowest BCUT2D eigenvalue weighted by atomic mass is 10.2. The zero-order valence-electron chi connectivity index (χ0n) is 11.0. The second kappa shape index (κ2) is 5.32. The van der Waals surface area contributed by atoms with Gasteiger partial charge < -0.3 is 4.90 Å². The van der Waals surface area contributed by atoms with Crippen molar-refractivity contribution in [3.63, 3.8) is 0 Å². The zero-order valence-corrected chi connectivity index (χ0v) is 11.0. The molecule has 2 aromatic rings. The maximum Gasteiger partial charge on any atom is 0.442 e. The molecule has 0 bridgehead atoms. The Morgan fingerprint density at radius 3 is 2.60 bits per heavy atom. The summed E-state index contributed by atoms with van der Waals surface area (Å²) in [6.45, 7) is 1.51. The van der Waals surface area contributed by atoms with E-state index in [9.17, 15) is 9.59 Å². The first-order chi connectivity index (χ1) is 9.75. The average molecular weight is 273 g/mol. The second-order valence-corrected chi connectivity index (χ2v) is 4.81. The van der Waals surface area contributed by atoms with Crippen LogP contribution in [0.15, 0.2) is 39.6 Å². The fourth-order valence-corrected chi connectivity index (χ4v) is 2.40. The van der Waals surface area contributed by atoms with E-state index < -0.39 is 5.76 Å². The Bertz CT molecular complexity index is 654. The number of carbonyl (C=O) groups is 1. The quantitative estimate of drug-likeness (QED) is 0.840. The summed E-state index contributed by atoms with van der Waals surface area (Å²) in [6.07, 6.45) is 2.05. The predicted octanol–water partition coefficient (Wildman–Crippen LogP) is 1.13. The van der Waals surface area contributed by atoms with Gasteiger partial charge in [-0.25, -0.2) is 9.36 Å². The van der Waals surface area contributed by atoms with Crippen molar-refractivity contribution < 1.29 is 9.32 Å². The fraction of sp³-hybridized carbons (Fsp3) is 0.357. The molecule has 0 unspecified atom stereocenters. The summed E-state index contributed by atoms with van der Waals surface area (Å²) in [7, 11) is 0. The van der Waals surface area contributed by atoms with Crippen molar-refractivity contribution in [2.24, 2.45) is 0 Å². The molecule has 1 aromatic heterocycles. The molecule has 2 heterocycles. The highest BCUT2D eigenvalue weighted by Crippen LogP contribution is 2.15. The molecular weight excluding hydrogens is 258 g/mol. The number of nitrogens with zero attached hydrogens (tertiary/aromatic N) is 3. The van der Waals surface area contributed by atoms with Crippen LogP contribution in [-0.4, -0.2) is 33.6 Å². The van der Waals surface area contributed by atoms with Crippen molar-refractivity contribution in [3.05, 3.63) is 40.9 Å².